The Hall–Kier alpha value is -1.38. The van der Waals surface area contributed by atoms with Crippen molar-refractivity contribution in [3.63, 3.8) is 0 Å². The third kappa shape index (κ3) is 7.47. The summed E-state index contributed by atoms with van der Waals surface area (Å²) in [7, 11) is 3.48. The molecule has 0 saturated carbocycles. The summed E-state index contributed by atoms with van der Waals surface area (Å²) in [5.41, 5.74) is 1.02. The minimum absolute atomic E-state index is 0. The number of likely N-dealkylation sites (tertiary alicyclic amines) is 1. The highest BCUT2D eigenvalue weighted by molar-refractivity contribution is 14.0. The van der Waals surface area contributed by atoms with E-state index in [2.05, 4.69) is 20.5 Å². The number of hydrogen-bond donors (Lipinski definition) is 2. The first-order valence-corrected chi connectivity index (χ1v) is 9.03. The Labute approximate surface area is 172 Å². The first-order chi connectivity index (χ1) is 12.1. The smallest absolute Gasteiger partial charge is 0.220 e. The average Bonchev–Trinajstić information content (AvgIpc) is 2.63. The number of aryl methyl sites for hydroxylation is 1. The van der Waals surface area contributed by atoms with Crippen molar-refractivity contribution < 1.29 is 9.18 Å². The fourth-order valence-corrected chi connectivity index (χ4v) is 3.23. The molecule has 1 amide bonds. The van der Waals surface area contributed by atoms with Gasteiger partial charge in [0.05, 0.1) is 0 Å². The Morgan fingerprint density at radius 1 is 1.35 bits per heavy atom. The van der Waals surface area contributed by atoms with Gasteiger partial charge in [0.2, 0.25) is 5.91 Å². The zero-order valence-corrected chi connectivity index (χ0v) is 18.0. The van der Waals surface area contributed by atoms with Crippen molar-refractivity contribution in [2.24, 2.45) is 10.9 Å². The lowest BCUT2D eigenvalue weighted by Gasteiger charge is -2.34. The molecule has 1 heterocycles. The molecule has 0 aromatic heterocycles. The van der Waals surface area contributed by atoms with Gasteiger partial charge in [0, 0.05) is 40.2 Å². The second-order valence-electron chi connectivity index (χ2n) is 6.52. The second kappa shape index (κ2) is 12.1. The lowest BCUT2D eigenvalue weighted by atomic mass is 9.93. The van der Waals surface area contributed by atoms with Crippen LogP contribution in [0.15, 0.2) is 29.3 Å². The number of piperidine rings is 1. The predicted molar refractivity (Wildman–Crippen MR) is 114 cm³/mol. The summed E-state index contributed by atoms with van der Waals surface area (Å²) < 4.78 is 13.2. The molecule has 5 nitrogen and oxygen atoms in total. The summed E-state index contributed by atoms with van der Waals surface area (Å²) in [4.78, 5) is 18.1. The molecule has 0 atom stereocenters. The SMILES string of the molecule is CN=C(NCCCc1cccc(F)c1)N1CCC(CC(=O)NC)CC1.I. The lowest BCUT2D eigenvalue weighted by Crippen LogP contribution is -2.46. The molecule has 7 heteroatoms. The van der Waals surface area contributed by atoms with Crippen LogP contribution in [0.1, 0.15) is 31.2 Å². The van der Waals surface area contributed by atoms with Gasteiger partial charge in [-0.2, -0.15) is 0 Å². The fourth-order valence-electron chi connectivity index (χ4n) is 3.23. The number of aliphatic imine (C=N–C) groups is 1. The highest BCUT2D eigenvalue weighted by atomic mass is 127. The van der Waals surface area contributed by atoms with Crippen molar-refractivity contribution in [1.29, 1.82) is 0 Å². The number of carbonyl (C=O) groups is 1. The van der Waals surface area contributed by atoms with Crippen LogP contribution in [0.3, 0.4) is 0 Å². The molecule has 2 rings (SSSR count). The van der Waals surface area contributed by atoms with Crippen LogP contribution in [0.25, 0.3) is 0 Å². The molecule has 0 unspecified atom stereocenters. The van der Waals surface area contributed by atoms with Crippen molar-refractivity contribution in [3.05, 3.63) is 35.6 Å². The third-order valence-electron chi connectivity index (χ3n) is 4.69. The number of hydrogen-bond acceptors (Lipinski definition) is 2. The molecular weight excluding hydrogens is 446 g/mol. The van der Waals surface area contributed by atoms with E-state index in [-0.39, 0.29) is 35.7 Å². The second-order valence-corrected chi connectivity index (χ2v) is 6.52. The molecular formula is C19H30FIN4O. The topological polar surface area (TPSA) is 56.7 Å². The maximum Gasteiger partial charge on any atom is 0.220 e. The van der Waals surface area contributed by atoms with E-state index < -0.39 is 0 Å². The molecule has 1 aromatic carbocycles. The van der Waals surface area contributed by atoms with Gasteiger partial charge < -0.3 is 15.5 Å². The molecule has 26 heavy (non-hydrogen) atoms. The molecule has 1 aliphatic rings. The standard InChI is InChI=1S/C19H29FN4O.HI/c1-21-18(25)14-16-8-11-24(12-9-16)19(22-2)23-10-4-6-15-5-3-7-17(20)13-15;/h3,5,7,13,16H,4,6,8-12,14H2,1-2H3,(H,21,25)(H,22,23);1H. The van der Waals surface area contributed by atoms with Crippen LogP contribution < -0.4 is 10.6 Å². The van der Waals surface area contributed by atoms with Crippen LogP contribution in [0.4, 0.5) is 4.39 Å². The number of amides is 1. The molecule has 1 fully saturated rings. The van der Waals surface area contributed by atoms with E-state index in [9.17, 15) is 9.18 Å². The quantitative estimate of drug-likeness (QED) is 0.288. The first-order valence-electron chi connectivity index (χ1n) is 9.03. The van der Waals surface area contributed by atoms with Crippen LogP contribution in [0.5, 0.6) is 0 Å². The summed E-state index contributed by atoms with van der Waals surface area (Å²) in [6.07, 6.45) is 4.41. The Morgan fingerprint density at radius 2 is 2.08 bits per heavy atom. The molecule has 1 aromatic rings. The highest BCUT2D eigenvalue weighted by Gasteiger charge is 2.22. The van der Waals surface area contributed by atoms with Gasteiger partial charge in [-0.1, -0.05) is 12.1 Å². The van der Waals surface area contributed by atoms with Gasteiger partial charge in [-0.15, -0.1) is 24.0 Å². The van der Waals surface area contributed by atoms with E-state index in [1.165, 1.54) is 6.07 Å². The van der Waals surface area contributed by atoms with Crippen LogP contribution >= 0.6 is 24.0 Å². The van der Waals surface area contributed by atoms with E-state index in [1.54, 1.807) is 26.2 Å². The van der Waals surface area contributed by atoms with Crippen molar-refractivity contribution in [2.75, 3.05) is 33.7 Å². The highest BCUT2D eigenvalue weighted by Crippen LogP contribution is 2.20. The van der Waals surface area contributed by atoms with Gasteiger partial charge in [0.15, 0.2) is 5.96 Å². The first kappa shape index (κ1) is 22.7. The fraction of sp³-hybridized carbons (Fsp3) is 0.579. The van der Waals surface area contributed by atoms with Crippen molar-refractivity contribution in [1.82, 2.24) is 15.5 Å². The maximum atomic E-state index is 13.2. The van der Waals surface area contributed by atoms with Crippen LogP contribution in [-0.2, 0) is 11.2 Å². The van der Waals surface area contributed by atoms with Gasteiger partial charge >= 0.3 is 0 Å². The average molecular weight is 476 g/mol. The maximum absolute atomic E-state index is 13.2. The number of nitrogens with one attached hydrogen (secondary N) is 2. The molecule has 0 radical (unpaired) electrons. The summed E-state index contributed by atoms with van der Waals surface area (Å²) in [5, 5.41) is 6.09. The van der Waals surface area contributed by atoms with E-state index in [4.69, 9.17) is 0 Å². The molecule has 1 aliphatic heterocycles. The van der Waals surface area contributed by atoms with Crippen LogP contribution in [-0.4, -0.2) is 50.5 Å². The predicted octanol–water partition coefficient (Wildman–Crippen LogP) is 2.80. The Kier molecular flexibility index (Phi) is 10.5. The lowest BCUT2D eigenvalue weighted by molar-refractivity contribution is -0.121. The minimum Gasteiger partial charge on any atom is -0.359 e. The third-order valence-corrected chi connectivity index (χ3v) is 4.69. The molecule has 0 spiro atoms. The van der Waals surface area contributed by atoms with Crippen LogP contribution in [0, 0.1) is 11.7 Å². The molecule has 2 N–H and O–H groups in total. The van der Waals surface area contributed by atoms with Gasteiger partial charge in [-0.3, -0.25) is 9.79 Å². The number of carbonyl (C=O) groups excluding carboxylic acids is 1. The summed E-state index contributed by atoms with van der Waals surface area (Å²) in [6, 6.07) is 6.76. The van der Waals surface area contributed by atoms with Gasteiger partial charge in [0.1, 0.15) is 5.82 Å². The number of benzene rings is 1. The summed E-state index contributed by atoms with van der Waals surface area (Å²) in [6.45, 7) is 2.65. The minimum atomic E-state index is -0.180. The normalized spacial score (nSPS) is 15.3. The van der Waals surface area contributed by atoms with Crippen molar-refractivity contribution >= 4 is 35.8 Å². The molecule has 1 saturated heterocycles. The Balaban J connectivity index is 0.00000338. The summed E-state index contributed by atoms with van der Waals surface area (Å²) >= 11 is 0. The van der Waals surface area contributed by atoms with Crippen molar-refractivity contribution in [2.45, 2.75) is 32.1 Å². The van der Waals surface area contributed by atoms with Crippen LogP contribution in [0.2, 0.25) is 0 Å². The Bertz CT molecular complexity index is 589. The van der Waals surface area contributed by atoms with E-state index in [1.807, 2.05) is 6.07 Å². The van der Waals surface area contributed by atoms with E-state index >= 15 is 0 Å². The largest absolute Gasteiger partial charge is 0.359 e. The Morgan fingerprint density at radius 3 is 2.69 bits per heavy atom. The van der Waals surface area contributed by atoms with E-state index in [0.29, 0.717) is 12.3 Å². The van der Waals surface area contributed by atoms with E-state index in [0.717, 1.165) is 56.8 Å². The van der Waals surface area contributed by atoms with Crippen molar-refractivity contribution in [3.8, 4) is 0 Å². The summed E-state index contributed by atoms with van der Waals surface area (Å²) in [5.74, 6) is 1.32. The number of nitrogens with zero attached hydrogens (tertiary/aromatic N) is 2. The molecule has 146 valence electrons. The monoisotopic (exact) mass is 476 g/mol. The number of halogens is 2. The zero-order chi connectivity index (χ0) is 18.1. The van der Waals surface area contributed by atoms with Gasteiger partial charge in [-0.25, -0.2) is 4.39 Å². The zero-order valence-electron chi connectivity index (χ0n) is 15.6. The molecule has 0 aliphatic carbocycles. The number of rotatable bonds is 6. The van der Waals surface area contributed by atoms with Gasteiger partial charge in [0.25, 0.3) is 0 Å². The molecule has 0 bridgehead atoms. The van der Waals surface area contributed by atoms with Gasteiger partial charge in [-0.05, 0) is 49.3 Å². The number of guanidine groups is 1.